The molecule has 0 saturated carbocycles. The van der Waals surface area contributed by atoms with E-state index in [1.807, 2.05) is 25.2 Å². The van der Waals surface area contributed by atoms with Crippen molar-refractivity contribution < 1.29 is 4.79 Å². The zero-order chi connectivity index (χ0) is 13.4. The predicted molar refractivity (Wildman–Crippen MR) is 73.4 cm³/mol. The fourth-order valence-corrected chi connectivity index (χ4v) is 1.69. The van der Waals surface area contributed by atoms with Crippen LogP contribution in [0.3, 0.4) is 0 Å². The summed E-state index contributed by atoms with van der Waals surface area (Å²) in [6.07, 6.45) is 3.22. The molecule has 0 bridgehead atoms. The number of pyridine rings is 1. The summed E-state index contributed by atoms with van der Waals surface area (Å²) in [4.78, 5) is 16.0. The van der Waals surface area contributed by atoms with Crippen LogP contribution in [0.1, 0.15) is 32.4 Å². The van der Waals surface area contributed by atoms with Crippen molar-refractivity contribution in [3.8, 4) is 0 Å². The number of carbonyl (C=O) groups excluding carboxylic acids is 1. The van der Waals surface area contributed by atoms with Crippen molar-refractivity contribution in [1.82, 2.24) is 15.6 Å². The quantitative estimate of drug-likeness (QED) is 0.720. The second-order valence-corrected chi connectivity index (χ2v) is 5.08. The molecule has 0 aromatic carbocycles. The van der Waals surface area contributed by atoms with Crippen molar-refractivity contribution in [1.29, 1.82) is 0 Å². The normalized spacial score (nSPS) is 11.3. The average molecular weight is 249 g/mol. The maximum absolute atomic E-state index is 11.6. The summed E-state index contributed by atoms with van der Waals surface area (Å²) in [5.74, 6) is 0.106. The van der Waals surface area contributed by atoms with Gasteiger partial charge in [-0.15, -0.1) is 0 Å². The van der Waals surface area contributed by atoms with Crippen LogP contribution in [0.15, 0.2) is 24.4 Å². The van der Waals surface area contributed by atoms with Crippen LogP contribution >= 0.6 is 0 Å². The third-order valence-corrected chi connectivity index (χ3v) is 2.92. The van der Waals surface area contributed by atoms with E-state index in [9.17, 15) is 4.79 Å². The van der Waals surface area contributed by atoms with Gasteiger partial charge in [0, 0.05) is 30.3 Å². The van der Waals surface area contributed by atoms with Crippen molar-refractivity contribution in [2.24, 2.45) is 0 Å². The van der Waals surface area contributed by atoms with E-state index >= 15 is 0 Å². The maximum Gasteiger partial charge on any atom is 0.220 e. The van der Waals surface area contributed by atoms with E-state index in [0.29, 0.717) is 13.0 Å². The van der Waals surface area contributed by atoms with Crippen molar-refractivity contribution in [2.45, 2.75) is 32.1 Å². The lowest BCUT2D eigenvalue weighted by Gasteiger charge is -2.24. The molecular weight excluding hydrogens is 226 g/mol. The zero-order valence-corrected chi connectivity index (χ0v) is 11.5. The average Bonchev–Trinajstić information content (AvgIpc) is 2.38. The Hall–Kier alpha value is -1.42. The van der Waals surface area contributed by atoms with Crippen molar-refractivity contribution in [3.63, 3.8) is 0 Å². The number of carbonyl (C=O) groups is 1. The standard InChI is InChI=1S/C14H23N3O/c1-14(2,12-7-4-5-10-16-12)11-17-13(18)8-6-9-15-3/h4-5,7,10,15H,6,8-9,11H2,1-3H3,(H,17,18). The van der Waals surface area contributed by atoms with E-state index in [0.717, 1.165) is 18.7 Å². The van der Waals surface area contributed by atoms with Crippen LogP contribution in [0.25, 0.3) is 0 Å². The molecule has 1 rings (SSSR count). The molecule has 0 saturated heterocycles. The molecular formula is C14H23N3O. The van der Waals surface area contributed by atoms with Gasteiger partial charge in [-0.2, -0.15) is 0 Å². The Morgan fingerprint density at radius 2 is 2.17 bits per heavy atom. The van der Waals surface area contributed by atoms with Gasteiger partial charge in [-0.3, -0.25) is 9.78 Å². The van der Waals surface area contributed by atoms with Gasteiger partial charge in [-0.05, 0) is 32.1 Å². The lowest BCUT2D eigenvalue weighted by Crippen LogP contribution is -2.37. The molecule has 0 spiro atoms. The molecule has 0 aliphatic heterocycles. The van der Waals surface area contributed by atoms with E-state index in [-0.39, 0.29) is 11.3 Å². The van der Waals surface area contributed by atoms with Crippen LogP contribution in [0.5, 0.6) is 0 Å². The number of aromatic nitrogens is 1. The molecule has 0 aliphatic rings. The second kappa shape index (κ2) is 7.11. The highest BCUT2D eigenvalue weighted by molar-refractivity contribution is 5.75. The Morgan fingerprint density at radius 1 is 1.39 bits per heavy atom. The van der Waals surface area contributed by atoms with E-state index < -0.39 is 0 Å². The van der Waals surface area contributed by atoms with Crippen LogP contribution in [-0.4, -0.2) is 31.0 Å². The fraction of sp³-hybridized carbons (Fsp3) is 0.571. The van der Waals surface area contributed by atoms with Crippen LogP contribution in [-0.2, 0) is 10.2 Å². The van der Waals surface area contributed by atoms with Gasteiger partial charge in [0.15, 0.2) is 0 Å². The number of rotatable bonds is 7. The maximum atomic E-state index is 11.6. The van der Waals surface area contributed by atoms with E-state index in [1.165, 1.54) is 0 Å². The first-order chi connectivity index (χ1) is 8.56. The third-order valence-electron chi connectivity index (χ3n) is 2.92. The summed E-state index contributed by atoms with van der Waals surface area (Å²) < 4.78 is 0. The minimum Gasteiger partial charge on any atom is -0.355 e. The van der Waals surface area contributed by atoms with Gasteiger partial charge in [-0.1, -0.05) is 19.9 Å². The molecule has 18 heavy (non-hydrogen) atoms. The number of hydrogen-bond donors (Lipinski definition) is 2. The first kappa shape index (κ1) is 14.6. The van der Waals surface area contributed by atoms with Crippen LogP contribution in [0.4, 0.5) is 0 Å². The highest BCUT2D eigenvalue weighted by atomic mass is 16.1. The Balaban J connectivity index is 2.40. The van der Waals surface area contributed by atoms with Gasteiger partial charge in [-0.25, -0.2) is 0 Å². The summed E-state index contributed by atoms with van der Waals surface area (Å²) in [5, 5.41) is 6.00. The van der Waals surface area contributed by atoms with Crippen molar-refractivity contribution in [2.75, 3.05) is 20.1 Å². The molecule has 4 nitrogen and oxygen atoms in total. The van der Waals surface area contributed by atoms with Crippen LogP contribution < -0.4 is 10.6 Å². The number of nitrogens with one attached hydrogen (secondary N) is 2. The molecule has 1 aromatic heterocycles. The first-order valence-electron chi connectivity index (χ1n) is 6.39. The van der Waals surface area contributed by atoms with E-state index in [2.05, 4.69) is 29.5 Å². The zero-order valence-electron chi connectivity index (χ0n) is 11.5. The molecule has 100 valence electrons. The summed E-state index contributed by atoms with van der Waals surface area (Å²) in [6.45, 7) is 5.66. The Kier molecular flexibility index (Phi) is 5.78. The number of amides is 1. The fourth-order valence-electron chi connectivity index (χ4n) is 1.69. The van der Waals surface area contributed by atoms with E-state index in [1.54, 1.807) is 6.20 Å². The van der Waals surface area contributed by atoms with Gasteiger partial charge >= 0.3 is 0 Å². The highest BCUT2D eigenvalue weighted by Gasteiger charge is 2.22. The lowest BCUT2D eigenvalue weighted by molar-refractivity contribution is -0.121. The summed E-state index contributed by atoms with van der Waals surface area (Å²) in [6, 6.07) is 5.86. The van der Waals surface area contributed by atoms with Gasteiger partial charge in [0.05, 0.1) is 0 Å². The van der Waals surface area contributed by atoms with Crippen molar-refractivity contribution in [3.05, 3.63) is 30.1 Å². The first-order valence-corrected chi connectivity index (χ1v) is 6.39. The second-order valence-electron chi connectivity index (χ2n) is 5.08. The molecule has 0 radical (unpaired) electrons. The molecule has 2 N–H and O–H groups in total. The van der Waals surface area contributed by atoms with Crippen LogP contribution in [0, 0.1) is 0 Å². The molecule has 1 heterocycles. The predicted octanol–water partition coefficient (Wildman–Crippen LogP) is 1.47. The van der Waals surface area contributed by atoms with Gasteiger partial charge in [0.1, 0.15) is 0 Å². The minimum absolute atomic E-state index is 0.106. The SMILES string of the molecule is CNCCCC(=O)NCC(C)(C)c1ccccn1. The summed E-state index contributed by atoms with van der Waals surface area (Å²) in [5.41, 5.74) is 0.862. The largest absolute Gasteiger partial charge is 0.355 e. The molecule has 1 aromatic rings. The number of hydrogen-bond acceptors (Lipinski definition) is 3. The molecule has 0 aliphatic carbocycles. The van der Waals surface area contributed by atoms with Gasteiger partial charge < -0.3 is 10.6 Å². The smallest absolute Gasteiger partial charge is 0.220 e. The molecule has 1 amide bonds. The monoisotopic (exact) mass is 249 g/mol. The van der Waals surface area contributed by atoms with Crippen LogP contribution in [0.2, 0.25) is 0 Å². The molecule has 0 atom stereocenters. The molecule has 4 heteroatoms. The van der Waals surface area contributed by atoms with Gasteiger partial charge in [0.25, 0.3) is 0 Å². The lowest BCUT2D eigenvalue weighted by atomic mass is 9.88. The van der Waals surface area contributed by atoms with Gasteiger partial charge in [0.2, 0.25) is 5.91 Å². The third kappa shape index (κ3) is 4.84. The van der Waals surface area contributed by atoms with E-state index in [4.69, 9.17) is 0 Å². The minimum atomic E-state index is -0.139. The highest BCUT2D eigenvalue weighted by Crippen LogP contribution is 2.19. The summed E-state index contributed by atoms with van der Waals surface area (Å²) >= 11 is 0. The summed E-state index contributed by atoms with van der Waals surface area (Å²) in [7, 11) is 1.89. The Morgan fingerprint density at radius 3 is 2.78 bits per heavy atom. The number of nitrogens with zero attached hydrogens (tertiary/aromatic N) is 1. The Bertz CT molecular complexity index is 363. The van der Waals surface area contributed by atoms with Crippen molar-refractivity contribution >= 4 is 5.91 Å². The Labute approximate surface area is 109 Å². The molecule has 0 fully saturated rings. The topological polar surface area (TPSA) is 54.0 Å². The molecule has 0 unspecified atom stereocenters.